The molecule has 0 spiro atoms. The Labute approximate surface area is 129 Å². The Morgan fingerprint density at radius 1 is 1.30 bits per heavy atom. The van der Waals surface area contributed by atoms with Gasteiger partial charge in [0.2, 0.25) is 0 Å². The van der Waals surface area contributed by atoms with Crippen LogP contribution in [0, 0.1) is 11.6 Å². The van der Waals surface area contributed by atoms with Crippen LogP contribution in [0.1, 0.15) is 10.4 Å². The Kier molecular flexibility index (Phi) is 4.70. The number of halogens is 2. The van der Waals surface area contributed by atoms with Gasteiger partial charge in [-0.25, -0.2) is 13.6 Å². The molecule has 0 bridgehead atoms. The lowest BCUT2D eigenvalue weighted by Gasteiger charge is -2.14. The lowest BCUT2D eigenvalue weighted by molar-refractivity contribution is -0.137. The molecule has 2 rings (SSSR count). The summed E-state index contributed by atoms with van der Waals surface area (Å²) in [5, 5.41) is 11.2. The Bertz CT molecular complexity index is 717. The van der Waals surface area contributed by atoms with Crippen molar-refractivity contribution in [3.63, 3.8) is 0 Å². The van der Waals surface area contributed by atoms with Gasteiger partial charge in [0.15, 0.2) is 11.6 Å². The minimum Gasteiger partial charge on any atom is -0.465 e. The summed E-state index contributed by atoms with van der Waals surface area (Å²) < 4.78 is 31.1. The normalized spacial score (nSPS) is 14.1. The van der Waals surface area contributed by atoms with Crippen LogP contribution in [0.25, 0.3) is 0 Å². The van der Waals surface area contributed by atoms with Gasteiger partial charge >= 0.3 is 5.97 Å². The first-order chi connectivity index (χ1) is 10.9. The molecular formula is C14H12F2N2O5. The van der Waals surface area contributed by atoms with Crippen molar-refractivity contribution in [2.24, 2.45) is 0 Å². The number of carbonyl (C=O) groups is 3. The molecule has 1 aliphatic rings. The van der Waals surface area contributed by atoms with Crippen LogP contribution in [0.15, 0.2) is 23.9 Å². The molecule has 0 radical (unpaired) electrons. The van der Waals surface area contributed by atoms with Gasteiger partial charge < -0.3 is 15.2 Å². The van der Waals surface area contributed by atoms with Crippen molar-refractivity contribution in [1.29, 1.82) is 0 Å². The molecule has 1 aromatic rings. The summed E-state index contributed by atoms with van der Waals surface area (Å²) in [5.41, 5.74) is -0.804. The van der Waals surface area contributed by atoms with Crippen LogP contribution >= 0.6 is 0 Å². The average Bonchev–Trinajstić information content (AvgIpc) is 2.78. The van der Waals surface area contributed by atoms with Crippen molar-refractivity contribution in [1.82, 2.24) is 4.90 Å². The number of nitrogens with one attached hydrogen (secondary N) is 1. The third-order valence-corrected chi connectivity index (χ3v) is 3.07. The van der Waals surface area contributed by atoms with Crippen LogP contribution in [0.3, 0.4) is 0 Å². The first kappa shape index (κ1) is 16.6. The molecule has 23 heavy (non-hydrogen) atoms. The van der Waals surface area contributed by atoms with E-state index in [0.29, 0.717) is 12.1 Å². The van der Waals surface area contributed by atoms with Crippen molar-refractivity contribution < 1.29 is 33.0 Å². The second-order valence-electron chi connectivity index (χ2n) is 4.51. The number of hydrogen-bond acceptors (Lipinski definition) is 6. The van der Waals surface area contributed by atoms with E-state index in [0.717, 1.165) is 18.1 Å². The number of β-amino-alcohol motifs (C(OH)–C–C–N with tert-alkyl or cyclic N) is 1. The van der Waals surface area contributed by atoms with Gasteiger partial charge in [0.25, 0.3) is 11.8 Å². The molecular weight excluding hydrogens is 314 g/mol. The topological polar surface area (TPSA) is 95.9 Å². The van der Waals surface area contributed by atoms with E-state index in [4.69, 9.17) is 5.11 Å². The lowest BCUT2D eigenvalue weighted by atomic mass is 10.1. The minimum absolute atomic E-state index is 0.207. The summed E-state index contributed by atoms with van der Waals surface area (Å²) in [6.07, 6.45) is 0.931. The van der Waals surface area contributed by atoms with E-state index in [1.807, 2.05) is 0 Å². The van der Waals surface area contributed by atoms with E-state index in [2.05, 4.69) is 10.1 Å². The summed E-state index contributed by atoms with van der Waals surface area (Å²) in [7, 11) is 1.06. The fraction of sp³-hybridized carbons (Fsp3) is 0.214. The van der Waals surface area contributed by atoms with Crippen LogP contribution in [0.2, 0.25) is 0 Å². The highest BCUT2D eigenvalue weighted by molar-refractivity contribution is 6.17. The zero-order chi connectivity index (χ0) is 17.1. The number of hydrogen-bond donors (Lipinski definition) is 2. The Morgan fingerprint density at radius 2 is 1.96 bits per heavy atom. The standard InChI is InChI=1S/C14H12F2N2O5/c1-23-14(22)7-4-8(15)9(16)5-10(7)17-11-6-12(20)18(2-3-19)13(11)21/h4-6,17,19H,2-3H2,1H3. The molecule has 0 atom stereocenters. The van der Waals surface area contributed by atoms with Gasteiger partial charge in [-0.05, 0) is 6.07 Å². The van der Waals surface area contributed by atoms with E-state index < -0.39 is 36.0 Å². The first-order valence-corrected chi connectivity index (χ1v) is 6.41. The Balaban J connectivity index is 2.35. The number of aliphatic hydroxyl groups excluding tert-OH is 1. The number of benzene rings is 1. The van der Waals surface area contributed by atoms with Gasteiger partial charge in [-0.3, -0.25) is 14.5 Å². The molecule has 1 aliphatic heterocycles. The van der Waals surface area contributed by atoms with Crippen molar-refractivity contribution >= 4 is 23.5 Å². The second-order valence-corrected chi connectivity index (χ2v) is 4.51. The number of amides is 2. The van der Waals surface area contributed by atoms with Gasteiger partial charge in [0, 0.05) is 12.1 Å². The molecule has 0 saturated heterocycles. The van der Waals surface area contributed by atoms with Gasteiger partial charge in [0.05, 0.1) is 31.5 Å². The molecule has 0 aliphatic carbocycles. The molecule has 0 aromatic heterocycles. The molecule has 1 heterocycles. The number of aliphatic hydroxyl groups is 1. The average molecular weight is 326 g/mol. The van der Waals surface area contributed by atoms with E-state index in [-0.39, 0.29) is 23.5 Å². The Morgan fingerprint density at radius 3 is 2.57 bits per heavy atom. The maximum atomic E-state index is 13.4. The fourth-order valence-corrected chi connectivity index (χ4v) is 1.98. The summed E-state index contributed by atoms with van der Waals surface area (Å²) in [6.45, 7) is -0.627. The molecule has 9 heteroatoms. The molecule has 0 unspecified atom stereocenters. The number of carbonyl (C=O) groups excluding carboxylic acids is 3. The van der Waals surface area contributed by atoms with Crippen LogP contribution in [-0.4, -0.2) is 48.1 Å². The monoisotopic (exact) mass is 326 g/mol. The van der Waals surface area contributed by atoms with Crippen LogP contribution in [0.4, 0.5) is 14.5 Å². The van der Waals surface area contributed by atoms with Crippen molar-refractivity contribution in [3.8, 4) is 0 Å². The molecule has 7 nitrogen and oxygen atoms in total. The molecule has 2 N–H and O–H groups in total. The largest absolute Gasteiger partial charge is 0.465 e. The summed E-state index contributed by atoms with van der Waals surface area (Å²) >= 11 is 0. The highest BCUT2D eigenvalue weighted by Gasteiger charge is 2.31. The highest BCUT2D eigenvalue weighted by atomic mass is 19.2. The fourth-order valence-electron chi connectivity index (χ4n) is 1.98. The van der Waals surface area contributed by atoms with Gasteiger partial charge in [-0.2, -0.15) is 0 Å². The van der Waals surface area contributed by atoms with Crippen molar-refractivity contribution in [2.75, 3.05) is 25.6 Å². The first-order valence-electron chi connectivity index (χ1n) is 6.41. The molecule has 122 valence electrons. The van der Waals surface area contributed by atoms with E-state index in [1.165, 1.54) is 0 Å². The molecule has 1 aromatic carbocycles. The third kappa shape index (κ3) is 3.19. The zero-order valence-corrected chi connectivity index (χ0v) is 11.9. The second kappa shape index (κ2) is 6.53. The highest BCUT2D eigenvalue weighted by Crippen LogP contribution is 2.24. The number of esters is 1. The van der Waals surface area contributed by atoms with Gasteiger partial charge in [-0.15, -0.1) is 0 Å². The predicted molar refractivity (Wildman–Crippen MR) is 73.2 cm³/mol. The number of nitrogens with zero attached hydrogens (tertiary/aromatic N) is 1. The van der Waals surface area contributed by atoms with E-state index >= 15 is 0 Å². The van der Waals surface area contributed by atoms with Crippen molar-refractivity contribution in [3.05, 3.63) is 41.1 Å². The third-order valence-electron chi connectivity index (χ3n) is 3.07. The van der Waals surface area contributed by atoms with Crippen LogP contribution < -0.4 is 5.32 Å². The smallest absolute Gasteiger partial charge is 0.340 e. The number of methoxy groups -OCH3 is 1. The zero-order valence-electron chi connectivity index (χ0n) is 11.9. The molecule has 2 amide bonds. The quantitative estimate of drug-likeness (QED) is 0.601. The SMILES string of the molecule is COC(=O)c1cc(F)c(F)cc1NC1=CC(=O)N(CCO)C1=O. The number of rotatable bonds is 5. The van der Waals surface area contributed by atoms with Crippen LogP contribution in [-0.2, 0) is 14.3 Å². The maximum Gasteiger partial charge on any atom is 0.340 e. The van der Waals surface area contributed by atoms with Crippen molar-refractivity contribution in [2.45, 2.75) is 0 Å². The van der Waals surface area contributed by atoms with E-state index in [1.54, 1.807) is 0 Å². The number of anilines is 1. The van der Waals surface area contributed by atoms with Gasteiger partial charge in [-0.1, -0.05) is 0 Å². The molecule has 0 fully saturated rings. The Hall–Kier alpha value is -2.81. The lowest BCUT2D eigenvalue weighted by Crippen LogP contribution is -2.34. The molecule has 0 saturated carbocycles. The van der Waals surface area contributed by atoms with Gasteiger partial charge in [0.1, 0.15) is 5.70 Å². The van der Waals surface area contributed by atoms with Crippen LogP contribution in [0.5, 0.6) is 0 Å². The summed E-state index contributed by atoms with van der Waals surface area (Å²) in [5.74, 6) is -4.89. The summed E-state index contributed by atoms with van der Waals surface area (Å²) in [4.78, 5) is 36.0. The predicted octanol–water partition coefficient (Wildman–Crippen LogP) is 0.408. The number of imide groups is 1. The maximum absolute atomic E-state index is 13.4. The van der Waals surface area contributed by atoms with E-state index in [9.17, 15) is 23.2 Å². The summed E-state index contributed by atoms with van der Waals surface area (Å²) in [6, 6.07) is 1.30. The number of ether oxygens (including phenoxy) is 1. The minimum atomic E-state index is -1.26.